The minimum Gasteiger partial charge on any atom is -0.436 e. The summed E-state index contributed by atoms with van der Waals surface area (Å²) in [5.74, 6) is 2.59. The van der Waals surface area contributed by atoms with Crippen molar-refractivity contribution in [3.63, 3.8) is 0 Å². The van der Waals surface area contributed by atoms with Crippen LogP contribution in [0.3, 0.4) is 0 Å². The highest BCUT2D eigenvalue weighted by molar-refractivity contribution is 14.1. The van der Waals surface area contributed by atoms with E-state index in [-0.39, 0.29) is 6.61 Å². The van der Waals surface area contributed by atoms with E-state index in [2.05, 4.69) is 15.2 Å². The average Bonchev–Trinajstić information content (AvgIpc) is 2.23. The molecular weight excluding hydrogens is 364 g/mol. The zero-order valence-corrected chi connectivity index (χ0v) is 11.6. The molecule has 1 N–H and O–H groups in total. The van der Waals surface area contributed by atoms with Crippen LogP contribution in [0.2, 0.25) is 10.0 Å². The smallest absolute Gasteiger partial charge is 0.412 e. The van der Waals surface area contributed by atoms with Gasteiger partial charge in [0, 0.05) is 27.6 Å². The van der Waals surface area contributed by atoms with E-state index in [4.69, 9.17) is 27.9 Å². The lowest BCUT2D eigenvalue weighted by Crippen LogP contribution is -2.13. The predicted molar refractivity (Wildman–Crippen MR) is 73.2 cm³/mol. The van der Waals surface area contributed by atoms with Crippen molar-refractivity contribution < 1.29 is 9.53 Å². The second kappa shape index (κ2) is 6.84. The first kappa shape index (κ1) is 13.4. The van der Waals surface area contributed by atoms with Gasteiger partial charge in [-0.1, -0.05) is 29.1 Å². The molecule has 0 heterocycles. The van der Waals surface area contributed by atoms with E-state index >= 15 is 0 Å². The van der Waals surface area contributed by atoms with Crippen molar-refractivity contribution in [1.82, 2.24) is 0 Å². The zero-order valence-electron chi connectivity index (χ0n) is 7.89. The summed E-state index contributed by atoms with van der Waals surface area (Å²) in [6.45, 7) is 0.0416. The lowest BCUT2D eigenvalue weighted by Gasteiger charge is -2.06. The van der Waals surface area contributed by atoms with Gasteiger partial charge in [-0.05, 0) is 22.1 Å². The number of rotatable bonds is 2. The molecule has 0 aliphatic carbocycles. The van der Waals surface area contributed by atoms with Crippen LogP contribution >= 0.6 is 45.8 Å². The number of carbonyl (C=O) groups is 1. The van der Waals surface area contributed by atoms with E-state index in [1.807, 2.05) is 22.6 Å². The van der Waals surface area contributed by atoms with Gasteiger partial charge in [0.1, 0.15) is 0 Å². The van der Waals surface area contributed by atoms with Gasteiger partial charge in [0.15, 0.2) is 6.61 Å². The van der Waals surface area contributed by atoms with Gasteiger partial charge >= 0.3 is 6.09 Å². The first-order valence-corrected chi connectivity index (χ1v) is 5.94. The van der Waals surface area contributed by atoms with Crippen LogP contribution < -0.4 is 5.32 Å². The summed E-state index contributed by atoms with van der Waals surface area (Å²) in [5, 5.41) is 3.33. The lowest BCUT2D eigenvalue weighted by molar-refractivity contribution is 0.176. The summed E-state index contributed by atoms with van der Waals surface area (Å²) < 4.78 is 7.33. The summed E-state index contributed by atoms with van der Waals surface area (Å²) in [6, 6.07) is 4.74. The number of ether oxygens (including phenoxy) is 1. The lowest BCUT2D eigenvalue weighted by atomic mass is 10.3. The molecule has 0 saturated heterocycles. The molecule has 1 aromatic rings. The Morgan fingerprint density at radius 2 is 2.25 bits per heavy atom. The van der Waals surface area contributed by atoms with Crippen LogP contribution in [-0.2, 0) is 4.74 Å². The Labute approximate surface area is 117 Å². The highest BCUT2D eigenvalue weighted by Crippen LogP contribution is 2.25. The van der Waals surface area contributed by atoms with Crippen LogP contribution in [0.1, 0.15) is 0 Å². The molecule has 0 unspecified atom stereocenters. The molecule has 0 atom stereocenters. The minimum absolute atomic E-state index is 0.0416. The molecule has 16 heavy (non-hydrogen) atoms. The number of hydrogen-bond donors (Lipinski definition) is 1. The van der Waals surface area contributed by atoms with Gasteiger partial charge in [0.25, 0.3) is 0 Å². The fourth-order valence-electron chi connectivity index (χ4n) is 0.866. The minimum atomic E-state index is -0.608. The molecule has 1 aromatic carbocycles. The molecule has 0 spiro atoms. The van der Waals surface area contributed by atoms with E-state index in [1.165, 1.54) is 6.07 Å². The maximum Gasteiger partial charge on any atom is 0.412 e. The fraction of sp³-hybridized carbons (Fsp3) is 0.100. The third-order valence-electron chi connectivity index (χ3n) is 1.51. The molecule has 1 amide bonds. The van der Waals surface area contributed by atoms with Crippen molar-refractivity contribution in [3.8, 4) is 9.85 Å². The second-order valence-corrected chi connectivity index (χ2v) is 3.98. The Morgan fingerprint density at radius 1 is 1.50 bits per heavy atom. The van der Waals surface area contributed by atoms with Crippen molar-refractivity contribution in [3.05, 3.63) is 28.2 Å². The molecule has 0 saturated carbocycles. The molecule has 1 rings (SSSR count). The first-order valence-electron chi connectivity index (χ1n) is 4.11. The molecule has 0 radical (unpaired) electrons. The summed E-state index contributed by atoms with van der Waals surface area (Å²) in [4.78, 5) is 11.2. The Hall–Kier alpha value is -0.640. The van der Waals surface area contributed by atoms with Crippen molar-refractivity contribution in [1.29, 1.82) is 0 Å². The topological polar surface area (TPSA) is 38.3 Å². The van der Waals surface area contributed by atoms with Crippen LogP contribution in [0.25, 0.3) is 0 Å². The van der Waals surface area contributed by atoms with Crippen LogP contribution in [0.5, 0.6) is 0 Å². The fourth-order valence-corrected chi connectivity index (χ4v) is 1.48. The summed E-state index contributed by atoms with van der Waals surface area (Å²) in [5.41, 5.74) is 0.443. The highest BCUT2D eigenvalue weighted by atomic mass is 127. The summed E-state index contributed by atoms with van der Waals surface area (Å²) in [7, 11) is 0. The molecule has 3 nitrogen and oxygen atoms in total. The Balaban J connectivity index is 2.58. The number of benzene rings is 1. The molecule has 0 aliphatic heterocycles. The van der Waals surface area contributed by atoms with E-state index < -0.39 is 6.09 Å². The van der Waals surface area contributed by atoms with Gasteiger partial charge in [-0.3, -0.25) is 5.32 Å². The third-order valence-corrected chi connectivity index (χ3v) is 2.44. The summed E-state index contributed by atoms with van der Waals surface area (Å²) >= 11 is 13.4. The number of anilines is 1. The Bertz CT molecular complexity index is 454. The third kappa shape index (κ3) is 4.47. The quantitative estimate of drug-likeness (QED) is 0.633. The standard InChI is InChI=1S/C10H6Cl2INO2/c11-7-2-3-9(8(12)6-7)14-10(15)16-5-1-4-13/h2-3,6H,5H2,(H,14,15). The average molecular weight is 370 g/mol. The van der Waals surface area contributed by atoms with Gasteiger partial charge < -0.3 is 4.74 Å². The Kier molecular flexibility index (Phi) is 5.74. The first-order chi connectivity index (χ1) is 7.63. The number of nitrogens with one attached hydrogen (secondary N) is 1. The number of amides is 1. The molecule has 84 valence electrons. The maximum absolute atomic E-state index is 11.2. The van der Waals surface area contributed by atoms with Gasteiger partial charge in [-0.15, -0.1) is 0 Å². The molecule has 6 heteroatoms. The summed E-state index contributed by atoms with van der Waals surface area (Å²) in [6.07, 6.45) is -0.608. The Morgan fingerprint density at radius 3 is 2.88 bits per heavy atom. The SMILES string of the molecule is O=C(Nc1ccc(Cl)cc1Cl)OCC#CI. The van der Waals surface area contributed by atoms with Crippen LogP contribution in [-0.4, -0.2) is 12.7 Å². The van der Waals surface area contributed by atoms with Gasteiger partial charge in [0.2, 0.25) is 0 Å². The van der Waals surface area contributed by atoms with Crippen molar-refractivity contribution in [2.75, 3.05) is 11.9 Å². The highest BCUT2D eigenvalue weighted by Gasteiger charge is 2.06. The van der Waals surface area contributed by atoms with Crippen molar-refractivity contribution >= 4 is 57.6 Å². The monoisotopic (exact) mass is 369 g/mol. The number of hydrogen-bond acceptors (Lipinski definition) is 2. The van der Waals surface area contributed by atoms with E-state index in [0.29, 0.717) is 15.7 Å². The number of halogens is 3. The van der Waals surface area contributed by atoms with E-state index in [9.17, 15) is 4.79 Å². The molecular formula is C10H6Cl2INO2. The molecule has 0 fully saturated rings. The van der Waals surface area contributed by atoms with Crippen LogP contribution in [0, 0.1) is 9.85 Å². The second-order valence-electron chi connectivity index (χ2n) is 2.60. The van der Waals surface area contributed by atoms with Crippen LogP contribution in [0.4, 0.5) is 10.5 Å². The van der Waals surface area contributed by atoms with Crippen molar-refractivity contribution in [2.24, 2.45) is 0 Å². The van der Waals surface area contributed by atoms with Gasteiger partial charge in [-0.2, -0.15) is 0 Å². The van der Waals surface area contributed by atoms with E-state index in [0.717, 1.165) is 0 Å². The molecule has 0 aromatic heterocycles. The van der Waals surface area contributed by atoms with Gasteiger partial charge in [-0.25, -0.2) is 4.79 Å². The molecule has 0 bridgehead atoms. The zero-order chi connectivity index (χ0) is 12.0. The molecule has 0 aliphatic rings. The number of carbonyl (C=O) groups excluding carboxylic acids is 1. The maximum atomic E-state index is 11.2. The van der Waals surface area contributed by atoms with Crippen molar-refractivity contribution in [2.45, 2.75) is 0 Å². The van der Waals surface area contributed by atoms with Crippen LogP contribution in [0.15, 0.2) is 18.2 Å². The normalized spacial score (nSPS) is 8.94. The van der Waals surface area contributed by atoms with E-state index in [1.54, 1.807) is 12.1 Å². The predicted octanol–water partition coefficient (Wildman–Crippen LogP) is 3.94. The van der Waals surface area contributed by atoms with Gasteiger partial charge in [0.05, 0.1) is 10.7 Å². The largest absolute Gasteiger partial charge is 0.436 e.